The van der Waals surface area contributed by atoms with Crippen LogP contribution in [0.3, 0.4) is 0 Å². The summed E-state index contributed by atoms with van der Waals surface area (Å²) in [5.41, 5.74) is 4.36. The molecule has 0 aliphatic carbocycles. The molecule has 0 amide bonds. The zero-order valence-corrected chi connectivity index (χ0v) is 11.6. The highest BCUT2D eigenvalue weighted by molar-refractivity contribution is 9.10. The van der Waals surface area contributed by atoms with E-state index in [4.69, 9.17) is 5.26 Å². The van der Waals surface area contributed by atoms with Gasteiger partial charge in [-0.1, -0.05) is 15.9 Å². The Balaban J connectivity index is 2.17. The highest BCUT2D eigenvalue weighted by atomic mass is 79.9. The number of halogens is 1. The molecular formula is C12H10BrN3S. The van der Waals surface area contributed by atoms with Gasteiger partial charge in [0, 0.05) is 9.35 Å². The maximum atomic E-state index is 9.01. The summed E-state index contributed by atoms with van der Waals surface area (Å²) in [7, 11) is 0. The molecule has 1 aromatic heterocycles. The lowest BCUT2D eigenvalue weighted by Gasteiger charge is -2.07. The molecule has 86 valence electrons. The predicted molar refractivity (Wildman–Crippen MR) is 73.0 cm³/mol. The highest BCUT2D eigenvalue weighted by Gasteiger charge is 2.05. The van der Waals surface area contributed by atoms with Crippen molar-refractivity contribution in [1.29, 1.82) is 5.26 Å². The van der Waals surface area contributed by atoms with Crippen molar-refractivity contribution in [2.45, 2.75) is 13.5 Å². The van der Waals surface area contributed by atoms with E-state index in [2.05, 4.69) is 32.3 Å². The average molecular weight is 308 g/mol. The molecule has 3 nitrogen and oxygen atoms in total. The van der Waals surface area contributed by atoms with Gasteiger partial charge < -0.3 is 5.32 Å². The van der Waals surface area contributed by atoms with Crippen LogP contribution in [-0.2, 0) is 6.54 Å². The number of rotatable bonds is 3. The van der Waals surface area contributed by atoms with Crippen molar-refractivity contribution in [3.63, 3.8) is 0 Å². The van der Waals surface area contributed by atoms with Crippen LogP contribution in [0.5, 0.6) is 0 Å². The minimum atomic E-state index is 0.648. The van der Waals surface area contributed by atoms with Crippen LogP contribution in [0, 0.1) is 18.3 Å². The van der Waals surface area contributed by atoms with E-state index in [1.54, 1.807) is 17.4 Å². The van der Waals surface area contributed by atoms with Gasteiger partial charge in [-0.25, -0.2) is 4.98 Å². The Morgan fingerprint density at radius 2 is 2.35 bits per heavy atom. The number of hydrogen-bond donors (Lipinski definition) is 1. The number of nitrogens with zero attached hydrogens (tertiary/aromatic N) is 2. The molecule has 0 aliphatic rings. The molecule has 0 saturated heterocycles. The number of hydrogen-bond acceptors (Lipinski definition) is 4. The first-order valence-corrected chi connectivity index (χ1v) is 6.70. The number of anilines is 1. The summed E-state index contributed by atoms with van der Waals surface area (Å²) in [6.07, 6.45) is 0. The Bertz CT molecular complexity index is 571. The summed E-state index contributed by atoms with van der Waals surface area (Å²) in [6.45, 7) is 2.68. The quantitative estimate of drug-likeness (QED) is 0.940. The molecule has 2 aromatic rings. The highest BCUT2D eigenvalue weighted by Crippen LogP contribution is 2.22. The Morgan fingerprint density at radius 1 is 1.53 bits per heavy atom. The first kappa shape index (κ1) is 12.1. The Labute approximate surface area is 112 Å². The molecule has 1 aromatic carbocycles. The topological polar surface area (TPSA) is 48.7 Å². The van der Waals surface area contributed by atoms with Gasteiger partial charge in [0.1, 0.15) is 6.07 Å². The van der Waals surface area contributed by atoms with Crippen LogP contribution in [0.2, 0.25) is 0 Å². The first-order valence-electron chi connectivity index (χ1n) is 5.03. The van der Waals surface area contributed by atoms with Crippen LogP contribution in [-0.4, -0.2) is 4.98 Å². The van der Waals surface area contributed by atoms with Gasteiger partial charge in [0.2, 0.25) is 0 Å². The predicted octanol–water partition coefficient (Wildman–Crippen LogP) is 3.70. The van der Waals surface area contributed by atoms with E-state index in [0.717, 1.165) is 15.9 Å². The van der Waals surface area contributed by atoms with Crippen molar-refractivity contribution >= 4 is 33.0 Å². The van der Waals surface area contributed by atoms with E-state index in [1.165, 1.54) is 4.88 Å². The maximum Gasteiger partial charge on any atom is 0.101 e. The van der Waals surface area contributed by atoms with E-state index in [-0.39, 0.29) is 0 Å². The molecule has 0 spiro atoms. The van der Waals surface area contributed by atoms with Gasteiger partial charge in [-0.2, -0.15) is 5.26 Å². The summed E-state index contributed by atoms with van der Waals surface area (Å²) in [5.74, 6) is 0. The van der Waals surface area contributed by atoms with E-state index in [9.17, 15) is 0 Å². The molecule has 1 N–H and O–H groups in total. The van der Waals surface area contributed by atoms with Crippen molar-refractivity contribution in [2.75, 3.05) is 5.32 Å². The standard InChI is InChI=1S/C12H10BrN3S/c1-8-12(17-7-16-8)6-15-11-4-10(13)3-2-9(11)5-14/h2-4,7,15H,6H2,1H3. The van der Waals surface area contributed by atoms with Crippen molar-refractivity contribution in [3.8, 4) is 6.07 Å². The van der Waals surface area contributed by atoms with Gasteiger partial charge in [0.15, 0.2) is 0 Å². The second kappa shape index (κ2) is 5.30. The summed E-state index contributed by atoms with van der Waals surface area (Å²) in [6, 6.07) is 7.74. The number of aromatic nitrogens is 1. The van der Waals surface area contributed by atoms with Gasteiger partial charge in [-0.05, 0) is 25.1 Å². The van der Waals surface area contributed by atoms with Crippen molar-refractivity contribution in [2.24, 2.45) is 0 Å². The normalized spacial score (nSPS) is 9.94. The molecule has 0 radical (unpaired) electrons. The van der Waals surface area contributed by atoms with Gasteiger partial charge in [-0.3, -0.25) is 0 Å². The summed E-state index contributed by atoms with van der Waals surface area (Å²) < 4.78 is 0.958. The van der Waals surface area contributed by atoms with Crippen LogP contribution in [0.15, 0.2) is 28.2 Å². The minimum Gasteiger partial charge on any atom is -0.379 e. The molecule has 0 unspecified atom stereocenters. The summed E-state index contributed by atoms with van der Waals surface area (Å²) in [4.78, 5) is 5.38. The minimum absolute atomic E-state index is 0.648. The Morgan fingerprint density at radius 3 is 3.00 bits per heavy atom. The average Bonchev–Trinajstić information content (AvgIpc) is 2.72. The van der Waals surface area contributed by atoms with Crippen LogP contribution >= 0.6 is 27.3 Å². The largest absolute Gasteiger partial charge is 0.379 e. The zero-order chi connectivity index (χ0) is 12.3. The van der Waals surface area contributed by atoms with Crippen LogP contribution in [0.1, 0.15) is 16.1 Å². The second-order valence-electron chi connectivity index (χ2n) is 3.52. The zero-order valence-electron chi connectivity index (χ0n) is 9.20. The third kappa shape index (κ3) is 2.84. The molecule has 1 heterocycles. The summed E-state index contributed by atoms with van der Waals surface area (Å²) >= 11 is 5.02. The van der Waals surface area contributed by atoms with E-state index < -0.39 is 0 Å². The van der Waals surface area contributed by atoms with Crippen molar-refractivity contribution < 1.29 is 0 Å². The monoisotopic (exact) mass is 307 g/mol. The number of thiazole rings is 1. The molecule has 0 fully saturated rings. The SMILES string of the molecule is Cc1ncsc1CNc1cc(Br)ccc1C#N. The molecular weight excluding hydrogens is 298 g/mol. The Hall–Kier alpha value is -1.38. The van der Waals surface area contributed by atoms with Gasteiger partial charge in [0.25, 0.3) is 0 Å². The van der Waals surface area contributed by atoms with Crippen LogP contribution < -0.4 is 5.32 Å². The van der Waals surface area contributed by atoms with E-state index in [1.807, 2.05) is 24.6 Å². The number of benzene rings is 1. The first-order chi connectivity index (χ1) is 8.20. The fraction of sp³-hybridized carbons (Fsp3) is 0.167. The molecule has 17 heavy (non-hydrogen) atoms. The van der Waals surface area contributed by atoms with Crippen LogP contribution in [0.25, 0.3) is 0 Å². The third-order valence-electron chi connectivity index (χ3n) is 2.39. The lowest BCUT2D eigenvalue weighted by Crippen LogP contribution is -2.01. The van der Waals surface area contributed by atoms with E-state index >= 15 is 0 Å². The van der Waals surface area contributed by atoms with Crippen LogP contribution in [0.4, 0.5) is 5.69 Å². The second-order valence-corrected chi connectivity index (χ2v) is 5.37. The maximum absolute atomic E-state index is 9.01. The number of nitrogens with one attached hydrogen (secondary N) is 1. The molecule has 0 bridgehead atoms. The lowest BCUT2D eigenvalue weighted by molar-refractivity contribution is 1.12. The summed E-state index contributed by atoms with van der Waals surface area (Å²) in [5, 5.41) is 12.3. The van der Waals surface area contributed by atoms with Gasteiger partial charge >= 0.3 is 0 Å². The molecule has 0 aliphatic heterocycles. The fourth-order valence-corrected chi connectivity index (χ4v) is 2.51. The number of aryl methyl sites for hydroxylation is 1. The molecule has 5 heteroatoms. The van der Waals surface area contributed by atoms with E-state index in [0.29, 0.717) is 12.1 Å². The molecule has 2 rings (SSSR count). The van der Waals surface area contributed by atoms with Crippen molar-refractivity contribution in [3.05, 3.63) is 44.3 Å². The fourth-order valence-electron chi connectivity index (χ4n) is 1.43. The van der Waals surface area contributed by atoms with Crippen molar-refractivity contribution in [1.82, 2.24) is 4.98 Å². The number of nitriles is 1. The Kier molecular flexibility index (Phi) is 3.77. The van der Waals surface area contributed by atoms with Gasteiger partial charge in [0.05, 0.1) is 29.0 Å². The molecule has 0 saturated carbocycles. The smallest absolute Gasteiger partial charge is 0.101 e. The lowest BCUT2D eigenvalue weighted by atomic mass is 10.2. The van der Waals surface area contributed by atoms with Gasteiger partial charge in [-0.15, -0.1) is 11.3 Å². The molecule has 0 atom stereocenters. The third-order valence-corrected chi connectivity index (χ3v) is 3.81.